The van der Waals surface area contributed by atoms with Gasteiger partial charge in [0.25, 0.3) is 0 Å². The van der Waals surface area contributed by atoms with Gasteiger partial charge in [-0.3, -0.25) is 0 Å². The summed E-state index contributed by atoms with van der Waals surface area (Å²) in [7, 11) is 0. The first-order valence-electron chi connectivity index (χ1n) is 7.48. The van der Waals surface area contributed by atoms with E-state index in [1.165, 1.54) is 5.56 Å². The van der Waals surface area contributed by atoms with Crippen LogP contribution in [0.4, 0.5) is 0 Å². The number of carbonyl (C=O) groups is 1. The third-order valence-corrected chi connectivity index (χ3v) is 5.33. The molecule has 1 fully saturated rings. The summed E-state index contributed by atoms with van der Waals surface area (Å²) >= 11 is 2.22. The predicted molar refractivity (Wildman–Crippen MR) is 90.2 cm³/mol. The summed E-state index contributed by atoms with van der Waals surface area (Å²) in [6, 6.07) is 6.15. The number of carbonyl (C=O) groups excluding carboxylic acids is 1. The first-order chi connectivity index (χ1) is 9.45. The molecule has 1 atom stereocenters. The minimum absolute atomic E-state index is 0.163. The van der Waals surface area contributed by atoms with E-state index >= 15 is 0 Å². The van der Waals surface area contributed by atoms with E-state index in [9.17, 15) is 4.79 Å². The zero-order valence-electron chi connectivity index (χ0n) is 12.5. The molecule has 2 nitrogen and oxygen atoms in total. The molecule has 0 amide bonds. The van der Waals surface area contributed by atoms with Crippen molar-refractivity contribution in [3.63, 3.8) is 0 Å². The average molecular weight is 386 g/mol. The minimum atomic E-state index is -0.257. The van der Waals surface area contributed by atoms with Crippen LogP contribution in [0.25, 0.3) is 0 Å². The number of halogens is 1. The monoisotopic (exact) mass is 386 g/mol. The molecule has 110 valence electrons. The van der Waals surface area contributed by atoms with Crippen LogP contribution >= 0.6 is 22.6 Å². The van der Waals surface area contributed by atoms with Gasteiger partial charge in [-0.25, -0.2) is 4.79 Å². The highest BCUT2D eigenvalue weighted by atomic mass is 127. The summed E-state index contributed by atoms with van der Waals surface area (Å²) in [4.78, 5) is 12.5. The molecule has 3 heteroatoms. The fourth-order valence-electron chi connectivity index (χ4n) is 2.75. The molecule has 0 bridgehead atoms. The lowest BCUT2D eigenvalue weighted by molar-refractivity contribution is -0.00621. The normalized spacial score (nSPS) is 18.8. The Balaban J connectivity index is 2.20. The summed E-state index contributed by atoms with van der Waals surface area (Å²) in [5.74, 6) is 0.310. The fraction of sp³-hybridized carbons (Fsp3) is 0.588. The Hall–Kier alpha value is -0.580. The average Bonchev–Trinajstić information content (AvgIpc) is 2.84. The van der Waals surface area contributed by atoms with E-state index in [0.29, 0.717) is 5.92 Å². The second kappa shape index (κ2) is 6.46. The highest BCUT2D eigenvalue weighted by molar-refractivity contribution is 14.1. The Labute approximate surface area is 135 Å². The summed E-state index contributed by atoms with van der Waals surface area (Å²) in [6.45, 7) is 6.42. The van der Waals surface area contributed by atoms with Crippen LogP contribution in [0.15, 0.2) is 18.2 Å². The van der Waals surface area contributed by atoms with Crippen molar-refractivity contribution in [2.45, 2.75) is 64.4 Å². The molecule has 0 saturated heterocycles. The van der Waals surface area contributed by atoms with Gasteiger partial charge in [-0.2, -0.15) is 0 Å². The molecule has 1 aliphatic rings. The van der Waals surface area contributed by atoms with E-state index < -0.39 is 0 Å². The highest BCUT2D eigenvalue weighted by Gasteiger charge is 2.33. The van der Waals surface area contributed by atoms with Gasteiger partial charge in [0, 0.05) is 3.57 Å². The zero-order chi connectivity index (χ0) is 14.8. The first-order valence-corrected chi connectivity index (χ1v) is 8.56. The van der Waals surface area contributed by atoms with Gasteiger partial charge in [0.15, 0.2) is 0 Å². The van der Waals surface area contributed by atoms with E-state index in [-0.39, 0.29) is 11.6 Å². The Morgan fingerprint density at radius 3 is 2.65 bits per heavy atom. The second-order valence-corrected chi connectivity index (χ2v) is 7.26. The van der Waals surface area contributed by atoms with Gasteiger partial charge in [0.2, 0.25) is 0 Å². The Bertz CT molecular complexity index is 490. The van der Waals surface area contributed by atoms with Crippen molar-refractivity contribution in [1.82, 2.24) is 0 Å². The molecule has 1 unspecified atom stereocenters. The van der Waals surface area contributed by atoms with Crippen molar-refractivity contribution in [3.05, 3.63) is 32.9 Å². The summed E-state index contributed by atoms with van der Waals surface area (Å²) < 4.78 is 6.76. The van der Waals surface area contributed by atoms with Crippen LogP contribution in [0.3, 0.4) is 0 Å². The van der Waals surface area contributed by atoms with Gasteiger partial charge in [-0.1, -0.05) is 19.9 Å². The van der Waals surface area contributed by atoms with Crippen molar-refractivity contribution in [1.29, 1.82) is 0 Å². The highest BCUT2D eigenvalue weighted by Crippen LogP contribution is 2.34. The van der Waals surface area contributed by atoms with Gasteiger partial charge in [0.1, 0.15) is 5.60 Å². The molecule has 0 N–H and O–H groups in total. The Morgan fingerprint density at radius 2 is 2.05 bits per heavy atom. The number of hydrogen-bond acceptors (Lipinski definition) is 2. The van der Waals surface area contributed by atoms with Gasteiger partial charge < -0.3 is 4.74 Å². The first kappa shape index (κ1) is 15.8. The van der Waals surface area contributed by atoms with Crippen molar-refractivity contribution >= 4 is 28.6 Å². The van der Waals surface area contributed by atoms with Crippen molar-refractivity contribution < 1.29 is 9.53 Å². The number of rotatable bonds is 4. The van der Waals surface area contributed by atoms with E-state index in [2.05, 4.69) is 49.4 Å². The summed E-state index contributed by atoms with van der Waals surface area (Å²) in [6.07, 6.45) is 5.37. The maximum atomic E-state index is 12.5. The second-order valence-electron chi connectivity index (χ2n) is 6.10. The maximum absolute atomic E-state index is 12.5. The van der Waals surface area contributed by atoms with Crippen LogP contribution in [-0.4, -0.2) is 11.6 Å². The van der Waals surface area contributed by atoms with Crippen LogP contribution in [0.1, 0.15) is 74.7 Å². The van der Waals surface area contributed by atoms with Gasteiger partial charge in [-0.05, 0) is 85.2 Å². The fourth-order valence-corrected chi connectivity index (χ4v) is 3.30. The minimum Gasteiger partial charge on any atom is -0.456 e. The van der Waals surface area contributed by atoms with Crippen LogP contribution in [-0.2, 0) is 4.74 Å². The largest absolute Gasteiger partial charge is 0.456 e. The van der Waals surface area contributed by atoms with Crippen LogP contribution in [0.5, 0.6) is 0 Å². The van der Waals surface area contributed by atoms with E-state index in [0.717, 1.165) is 41.2 Å². The van der Waals surface area contributed by atoms with Crippen molar-refractivity contribution in [3.8, 4) is 0 Å². The molecule has 0 heterocycles. The predicted octanol–water partition coefficient (Wildman–Crippen LogP) is 5.29. The number of esters is 1. The van der Waals surface area contributed by atoms with Crippen molar-refractivity contribution in [2.24, 2.45) is 0 Å². The van der Waals surface area contributed by atoms with Crippen LogP contribution in [0, 0.1) is 3.57 Å². The lowest BCUT2D eigenvalue weighted by Gasteiger charge is -2.24. The molecule has 1 aromatic carbocycles. The van der Waals surface area contributed by atoms with E-state index in [4.69, 9.17) is 4.74 Å². The Kier molecular flexibility index (Phi) is 5.10. The van der Waals surface area contributed by atoms with E-state index in [1.807, 2.05) is 12.1 Å². The molecule has 0 aliphatic heterocycles. The standard InChI is InChI=1S/C17H23IO2/c1-4-12(2)13-7-8-15(18)14(11-13)16(19)20-17(3)9-5-6-10-17/h7-8,11-12H,4-6,9-10H2,1-3H3. The molecular weight excluding hydrogens is 363 g/mol. The smallest absolute Gasteiger partial charge is 0.339 e. The van der Waals surface area contributed by atoms with Crippen LogP contribution in [0.2, 0.25) is 0 Å². The molecule has 1 aliphatic carbocycles. The lowest BCUT2D eigenvalue weighted by Crippen LogP contribution is -2.28. The quantitative estimate of drug-likeness (QED) is 0.519. The maximum Gasteiger partial charge on any atom is 0.339 e. The van der Waals surface area contributed by atoms with Crippen LogP contribution < -0.4 is 0 Å². The zero-order valence-corrected chi connectivity index (χ0v) is 14.7. The molecule has 1 aromatic rings. The van der Waals surface area contributed by atoms with Crippen molar-refractivity contribution in [2.75, 3.05) is 0 Å². The molecule has 2 rings (SSSR count). The third-order valence-electron chi connectivity index (χ3n) is 4.39. The van der Waals surface area contributed by atoms with E-state index in [1.54, 1.807) is 0 Å². The summed E-state index contributed by atoms with van der Waals surface area (Å²) in [5, 5.41) is 0. The van der Waals surface area contributed by atoms with Gasteiger partial charge >= 0.3 is 5.97 Å². The Morgan fingerprint density at radius 1 is 1.40 bits per heavy atom. The van der Waals surface area contributed by atoms with Gasteiger partial charge in [-0.15, -0.1) is 0 Å². The molecule has 0 spiro atoms. The number of ether oxygens (including phenoxy) is 1. The topological polar surface area (TPSA) is 26.3 Å². The SMILES string of the molecule is CCC(C)c1ccc(I)c(C(=O)OC2(C)CCCC2)c1. The molecule has 1 saturated carbocycles. The van der Waals surface area contributed by atoms with Gasteiger partial charge in [0.05, 0.1) is 5.56 Å². The summed E-state index contributed by atoms with van der Waals surface area (Å²) in [5.41, 5.74) is 1.68. The number of hydrogen-bond donors (Lipinski definition) is 0. The molecule has 20 heavy (non-hydrogen) atoms. The lowest BCUT2D eigenvalue weighted by atomic mass is 9.97. The number of benzene rings is 1. The molecular formula is C17H23IO2. The molecule has 0 aromatic heterocycles. The third kappa shape index (κ3) is 3.54. The molecule has 0 radical (unpaired) electrons.